The fourth-order valence-electron chi connectivity index (χ4n) is 3.57. The number of nitrogens with zero attached hydrogens (tertiary/aromatic N) is 3. The lowest BCUT2D eigenvalue weighted by molar-refractivity contribution is -0.135. The predicted octanol–water partition coefficient (Wildman–Crippen LogP) is 1.67. The van der Waals surface area contributed by atoms with Crippen LogP contribution in [-0.4, -0.2) is 80.1 Å². The van der Waals surface area contributed by atoms with Gasteiger partial charge in [-0.2, -0.15) is 0 Å². The maximum Gasteiger partial charge on any atom is 0.237 e. The third kappa shape index (κ3) is 4.32. The molecule has 0 aromatic carbocycles. The second-order valence-corrected chi connectivity index (χ2v) is 7.73. The highest BCUT2D eigenvalue weighted by Gasteiger charge is 2.32. The molecule has 2 aliphatic rings. The van der Waals surface area contributed by atoms with Crippen LogP contribution in [0.2, 0.25) is 0 Å². The summed E-state index contributed by atoms with van der Waals surface area (Å²) in [5.74, 6) is 0.270. The summed E-state index contributed by atoms with van der Waals surface area (Å²) in [6, 6.07) is 4.53. The number of carbonyl (C=O) groups is 1. The number of morpholine rings is 1. The SMILES string of the molecule is CN(C)C[C@H]1CN(CC(=O)N2CCC[C@@H]2c2cccs2)CCO1. The van der Waals surface area contributed by atoms with E-state index in [1.165, 1.54) is 4.88 Å². The van der Waals surface area contributed by atoms with E-state index in [0.29, 0.717) is 12.6 Å². The van der Waals surface area contributed by atoms with Gasteiger partial charge in [0.25, 0.3) is 0 Å². The summed E-state index contributed by atoms with van der Waals surface area (Å²) >= 11 is 1.76. The lowest BCUT2D eigenvalue weighted by atomic mass is 10.2. The van der Waals surface area contributed by atoms with Gasteiger partial charge in [-0.3, -0.25) is 9.69 Å². The number of ether oxygens (including phenoxy) is 1. The van der Waals surface area contributed by atoms with Crippen molar-refractivity contribution in [2.75, 3.05) is 53.4 Å². The van der Waals surface area contributed by atoms with Gasteiger partial charge < -0.3 is 14.5 Å². The van der Waals surface area contributed by atoms with Gasteiger partial charge in [0.15, 0.2) is 0 Å². The van der Waals surface area contributed by atoms with Crippen LogP contribution in [0.3, 0.4) is 0 Å². The Bertz CT molecular complexity index is 506. The van der Waals surface area contributed by atoms with Crippen molar-refractivity contribution in [3.63, 3.8) is 0 Å². The number of thiophene rings is 1. The van der Waals surface area contributed by atoms with Crippen molar-refractivity contribution in [3.05, 3.63) is 22.4 Å². The molecular weight excluding hydrogens is 310 g/mol. The lowest BCUT2D eigenvalue weighted by Crippen LogP contribution is -2.50. The smallest absolute Gasteiger partial charge is 0.237 e. The van der Waals surface area contributed by atoms with Gasteiger partial charge in [-0.05, 0) is 38.4 Å². The van der Waals surface area contributed by atoms with Gasteiger partial charge in [-0.15, -0.1) is 11.3 Å². The van der Waals surface area contributed by atoms with Crippen LogP contribution in [0.5, 0.6) is 0 Å². The van der Waals surface area contributed by atoms with Gasteiger partial charge in [-0.1, -0.05) is 6.07 Å². The first-order valence-corrected chi connectivity index (χ1v) is 9.33. The number of likely N-dealkylation sites (N-methyl/N-ethyl adjacent to an activating group) is 1. The van der Waals surface area contributed by atoms with E-state index in [1.807, 2.05) is 0 Å². The van der Waals surface area contributed by atoms with E-state index in [2.05, 4.69) is 46.3 Å². The Labute approximate surface area is 142 Å². The molecule has 2 fully saturated rings. The summed E-state index contributed by atoms with van der Waals surface area (Å²) < 4.78 is 5.80. The maximum absolute atomic E-state index is 12.8. The van der Waals surface area contributed by atoms with Crippen LogP contribution in [0, 0.1) is 0 Å². The highest BCUT2D eigenvalue weighted by molar-refractivity contribution is 7.10. The Hall–Kier alpha value is -0.950. The van der Waals surface area contributed by atoms with Crippen LogP contribution < -0.4 is 0 Å². The summed E-state index contributed by atoms with van der Waals surface area (Å²) in [5.41, 5.74) is 0. The Morgan fingerprint density at radius 2 is 2.30 bits per heavy atom. The summed E-state index contributed by atoms with van der Waals surface area (Å²) in [7, 11) is 4.12. The third-order valence-corrected chi connectivity index (χ3v) is 5.57. The molecule has 0 saturated carbocycles. The molecule has 0 spiro atoms. The van der Waals surface area contributed by atoms with Crippen LogP contribution in [-0.2, 0) is 9.53 Å². The molecule has 0 aliphatic carbocycles. The summed E-state index contributed by atoms with van der Waals surface area (Å²) in [6.45, 7) is 4.75. The molecule has 2 aliphatic heterocycles. The number of amides is 1. The topological polar surface area (TPSA) is 36.0 Å². The molecular formula is C17H27N3O2S. The third-order valence-electron chi connectivity index (χ3n) is 4.60. The minimum Gasteiger partial charge on any atom is -0.374 e. The zero-order chi connectivity index (χ0) is 16.2. The van der Waals surface area contributed by atoms with E-state index < -0.39 is 0 Å². The quantitative estimate of drug-likeness (QED) is 0.819. The second-order valence-electron chi connectivity index (χ2n) is 6.75. The molecule has 0 unspecified atom stereocenters. The summed E-state index contributed by atoms with van der Waals surface area (Å²) in [4.78, 5) is 20.6. The molecule has 5 nitrogen and oxygen atoms in total. The number of carbonyl (C=O) groups excluding carboxylic acids is 1. The lowest BCUT2D eigenvalue weighted by Gasteiger charge is -2.35. The van der Waals surface area contributed by atoms with Gasteiger partial charge in [-0.25, -0.2) is 0 Å². The molecule has 0 radical (unpaired) electrons. The van der Waals surface area contributed by atoms with Crippen LogP contribution in [0.15, 0.2) is 17.5 Å². The first-order valence-electron chi connectivity index (χ1n) is 8.45. The molecule has 1 amide bonds. The Balaban J connectivity index is 1.56. The minimum absolute atomic E-state index is 0.207. The van der Waals surface area contributed by atoms with Crippen molar-refractivity contribution in [2.24, 2.45) is 0 Å². The van der Waals surface area contributed by atoms with Gasteiger partial charge in [0.2, 0.25) is 5.91 Å². The highest BCUT2D eigenvalue weighted by atomic mass is 32.1. The van der Waals surface area contributed by atoms with E-state index in [-0.39, 0.29) is 12.0 Å². The Kier molecular flexibility index (Phi) is 5.69. The normalized spacial score (nSPS) is 26.1. The van der Waals surface area contributed by atoms with E-state index in [4.69, 9.17) is 4.74 Å². The monoisotopic (exact) mass is 337 g/mol. The Morgan fingerprint density at radius 1 is 1.43 bits per heavy atom. The summed E-state index contributed by atoms with van der Waals surface area (Å²) in [6.07, 6.45) is 2.41. The van der Waals surface area contributed by atoms with Gasteiger partial charge in [0.05, 0.1) is 25.3 Å². The number of hydrogen-bond acceptors (Lipinski definition) is 5. The molecule has 0 bridgehead atoms. The highest BCUT2D eigenvalue weighted by Crippen LogP contribution is 2.34. The Morgan fingerprint density at radius 3 is 3.04 bits per heavy atom. The zero-order valence-corrected chi connectivity index (χ0v) is 14.9. The molecule has 3 heterocycles. The molecule has 1 aromatic rings. The van der Waals surface area contributed by atoms with Gasteiger partial charge in [0.1, 0.15) is 0 Å². The largest absolute Gasteiger partial charge is 0.374 e. The second kappa shape index (κ2) is 7.75. The van der Waals surface area contributed by atoms with Crippen molar-refractivity contribution in [3.8, 4) is 0 Å². The fourth-order valence-corrected chi connectivity index (χ4v) is 4.44. The van der Waals surface area contributed by atoms with E-state index in [9.17, 15) is 4.79 Å². The average molecular weight is 337 g/mol. The van der Waals surface area contributed by atoms with Gasteiger partial charge in [0, 0.05) is 31.1 Å². The average Bonchev–Trinajstić information content (AvgIpc) is 3.18. The van der Waals surface area contributed by atoms with E-state index in [0.717, 1.165) is 45.6 Å². The molecule has 3 rings (SSSR count). The maximum atomic E-state index is 12.8. The summed E-state index contributed by atoms with van der Waals surface area (Å²) in [5, 5.41) is 2.10. The van der Waals surface area contributed by atoms with Crippen molar-refractivity contribution in [2.45, 2.75) is 25.0 Å². The zero-order valence-electron chi connectivity index (χ0n) is 14.1. The molecule has 6 heteroatoms. The molecule has 0 N–H and O–H groups in total. The van der Waals surface area contributed by atoms with Crippen molar-refractivity contribution < 1.29 is 9.53 Å². The van der Waals surface area contributed by atoms with Crippen molar-refractivity contribution in [1.29, 1.82) is 0 Å². The molecule has 23 heavy (non-hydrogen) atoms. The van der Waals surface area contributed by atoms with Crippen molar-refractivity contribution in [1.82, 2.24) is 14.7 Å². The standard InChI is InChI=1S/C17H27N3O2S/c1-18(2)11-14-12-19(8-9-22-14)13-17(21)20-7-3-5-15(20)16-6-4-10-23-16/h4,6,10,14-15H,3,5,7-9,11-13H2,1-2H3/t14-,15+/m0/s1. The molecule has 2 atom stereocenters. The van der Waals surface area contributed by atoms with E-state index in [1.54, 1.807) is 11.3 Å². The molecule has 2 saturated heterocycles. The van der Waals surface area contributed by atoms with Crippen molar-refractivity contribution >= 4 is 17.2 Å². The first-order chi connectivity index (χ1) is 11.1. The first kappa shape index (κ1) is 16.9. The van der Waals surface area contributed by atoms with Crippen LogP contribution >= 0.6 is 11.3 Å². The fraction of sp³-hybridized carbons (Fsp3) is 0.706. The number of likely N-dealkylation sites (tertiary alicyclic amines) is 1. The minimum atomic E-state index is 0.207. The van der Waals surface area contributed by atoms with Crippen LogP contribution in [0.4, 0.5) is 0 Å². The number of rotatable bonds is 5. The molecule has 1 aromatic heterocycles. The molecule has 128 valence electrons. The van der Waals surface area contributed by atoms with Gasteiger partial charge >= 0.3 is 0 Å². The van der Waals surface area contributed by atoms with Crippen LogP contribution in [0.1, 0.15) is 23.8 Å². The van der Waals surface area contributed by atoms with Crippen LogP contribution in [0.25, 0.3) is 0 Å². The number of hydrogen-bond donors (Lipinski definition) is 0. The predicted molar refractivity (Wildman–Crippen MR) is 92.7 cm³/mol. The van der Waals surface area contributed by atoms with E-state index >= 15 is 0 Å².